The van der Waals surface area contributed by atoms with Crippen molar-refractivity contribution in [1.82, 2.24) is 19.8 Å². The number of carbonyl (C=O) groups excluding carboxylic acids is 1. The maximum atomic E-state index is 12.7. The average molecular weight is 566 g/mol. The number of sulfonamides is 1. The summed E-state index contributed by atoms with van der Waals surface area (Å²) in [4.78, 5) is 25.8. The van der Waals surface area contributed by atoms with Gasteiger partial charge in [0.1, 0.15) is 5.82 Å². The number of aryl methyl sites for hydroxylation is 2. The first-order valence-electron chi connectivity index (χ1n) is 13.4. The Balaban J connectivity index is 1.42. The first kappa shape index (κ1) is 29.3. The van der Waals surface area contributed by atoms with E-state index in [2.05, 4.69) is 37.3 Å². The van der Waals surface area contributed by atoms with Crippen molar-refractivity contribution in [3.8, 4) is 0 Å². The lowest BCUT2D eigenvalue weighted by Crippen LogP contribution is -2.47. The highest BCUT2D eigenvalue weighted by Gasteiger charge is 2.29. The summed E-state index contributed by atoms with van der Waals surface area (Å²) in [5, 5.41) is 6.50. The zero-order valence-electron chi connectivity index (χ0n) is 24.1. The molecule has 0 saturated carbocycles. The van der Waals surface area contributed by atoms with Gasteiger partial charge >= 0.3 is 0 Å². The van der Waals surface area contributed by atoms with Crippen LogP contribution in [0.4, 0.5) is 28.8 Å². The molecule has 1 saturated heterocycles. The van der Waals surface area contributed by atoms with Gasteiger partial charge < -0.3 is 20.4 Å². The van der Waals surface area contributed by atoms with Crippen molar-refractivity contribution >= 4 is 44.8 Å². The molecule has 4 rings (SSSR count). The lowest BCUT2D eigenvalue weighted by Gasteiger charge is -2.32. The van der Waals surface area contributed by atoms with Gasteiger partial charge in [-0.3, -0.25) is 9.52 Å². The number of amides is 1. The van der Waals surface area contributed by atoms with Crippen LogP contribution in [-0.4, -0.2) is 72.1 Å². The monoisotopic (exact) mass is 565 g/mol. The Morgan fingerprint density at radius 3 is 2.23 bits per heavy atom. The number of hydrogen-bond donors (Lipinski definition) is 3. The highest BCUT2D eigenvalue weighted by molar-refractivity contribution is 7.94. The van der Waals surface area contributed by atoms with Crippen LogP contribution in [0.2, 0.25) is 0 Å². The van der Waals surface area contributed by atoms with Crippen molar-refractivity contribution in [3.63, 3.8) is 0 Å². The van der Waals surface area contributed by atoms with Crippen molar-refractivity contribution < 1.29 is 13.2 Å². The fourth-order valence-electron chi connectivity index (χ4n) is 4.05. The largest absolute Gasteiger partial charge is 0.340 e. The second-order valence-electron chi connectivity index (χ2n) is 11.3. The average Bonchev–Trinajstić information content (AvgIpc) is 2.88. The quantitative estimate of drug-likeness (QED) is 0.367. The van der Waals surface area contributed by atoms with Gasteiger partial charge in [-0.05, 0) is 77.1 Å². The van der Waals surface area contributed by atoms with Gasteiger partial charge in [0.05, 0.1) is 16.9 Å². The summed E-state index contributed by atoms with van der Waals surface area (Å²) in [5.41, 5.74) is 4.61. The topological polar surface area (TPSA) is 120 Å². The summed E-state index contributed by atoms with van der Waals surface area (Å²) >= 11 is 0. The molecule has 1 aromatic heterocycles. The molecule has 1 fully saturated rings. The molecule has 0 unspecified atom stereocenters. The highest BCUT2D eigenvalue weighted by atomic mass is 32.2. The van der Waals surface area contributed by atoms with Crippen LogP contribution < -0.4 is 15.4 Å². The number of rotatable bonds is 8. The molecule has 11 heteroatoms. The van der Waals surface area contributed by atoms with Crippen molar-refractivity contribution in [2.24, 2.45) is 0 Å². The summed E-state index contributed by atoms with van der Waals surface area (Å²) in [6.07, 6.45) is 2.10. The molecule has 0 atom stereocenters. The minimum absolute atomic E-state index is 0.150. The summed E-state index contributed by atoms with van der Waals surface area (Å²) in [6, 6.07) is 13.2. The third kappa shape index (κ3) is 7.28. The van der Waals surface area contributed by atoms with E-state index in [1.165, 1.54) is 0 Å². The van der Waals surface area contributed by atoms with Crippen molar-refractivity contribution in [1.29, 1.82) is 0 Å². The van der Waals surface area contributed by atoms with Crippen LogP contribution in [-0.2, 0) is 21.2 Å². The smallest absolute Gasteiger partial charge is 0.237 e. The molecule has 1 aliphatic heterocycles. The zero-order chi connectivity index (χ0) is 29.1. The van der Waals surface area contributed by atoms with E-state index in [1.807, 2.05) is 55.1 Å². The van der Waals surface area contributed by atoms with Crippen molar-refractivity contribution in [2.45, 2.75) is 45.8 Å². The Hall–Kier alpha value is -3.70. The van der Waals surface area contributed by atoms with Gasteiger partial charge in [-0.1, -0.05) is 18.2 Å². The highest BCUT2D eigenvalue weighted by Crippen LogP contribution is 2.28. The van der Waals surface area contributed by atoms with E-state index in [0.29, 0.717) is 29.6 Å². The van der Waals surface area contributed by atoms with Gasteiger partial charge in [0.15, 0.2) is 0 Å². The molecule has 40 heavy (non-hydrogen) atoms. The number of carbonyl (C=O) groups is 1. The third-order valence-electron chi connectivity index (χ3n) is 6.94. The fraction of sp³-hybridized carbons (Fsp3) is 0.414. The lowest BCUT2D eigenvalue weighted by molar-refractivity contribution is -0.132. The van der Waals surface area contributed by atoms with Gasteiger partial charge in [0, 0.05) is 49.3 Å². The van der Waals surface area contributed by atoms with Gasteiger partial charge in [-0.2, -0.15) is 4.98 Å². The number of nitrogens with zero attached hydrogens (tertiary/aromatic N) is 4. The van der Waals surface area contributed by atoms with Crippen LogP contribution >= 0.6 is 0 Å². The minimum Gasteiger partial charge on any atom is -0.340 e. The fourth-order valence-corrected chi connectivity index (χ4v) is 4.87. The van der Waals surface area contributed by atoms with Crippen molar-refractivity contribution in [2.75, 3.05) is 48.6 Å². The molecule has 0 bridgehead atoms. The first-order chi connectivity index (χ1) is 18.8. The molecule has 0 radical (unpaired) electrons. The van der Waals surface area contributed by atoms with E-state index in [1.54, 1.807) is 33.0 Å². The first-order valence-corrected chi connectivity index (χ1v) is 14.8. The normalized spacial score (nSPS) is 14.6. The summed E-state index contributed by atoms with van der Waals surface area (Å²) in [6.45, 7) is 12.1. The second kappa shape index (κ2) is 11.8. The Bertz CT molecular complexity index is 1460. The molecule has 0 spiro atoms. The molecule has 1 amide bonds. The molecule has 0 aliphatic carbocycles. The molecule has 1 aliphatic rings. The van der Waals surface area contributed by atoms with Crippen LogP contribution in [0.15, 0.2) is 48.7 Å². The van der Waals surface area contributed by atoms with Crippen LogP contribution in [0.3, 0.4) is 0 Å². The Morgan fingerprint density at radius 1 is 0.925 bits per heavy atom. The van der Waals surface area contributed by atoms with Gasteiger partial charge in [0.2, 0.25) is 21.9 Å². The predicted molar refractivity (Wildman–Crippen MR) is 161 cm³/mol. The van der Waals surface area contributed by atoms with E-state index >= 15 is 0 Å². The van der Waals surface area contributed by atoms with E-state index in [-0.39, 0.29) is 5.91 Å². The number of anilines is 5. The van der Waals surface area contributed by atoms with Gasteiger partial charge in [-0.25, -0.2) is 13.4 Å². The Labute approximate surface area is 237 Å². The number of hydrogen-bond acceptors (Lipinski definition) is 8. The van der Waals surface area contributed by atoms with Crippen LogP contribution in [0, 0.1) is 13.8 Å². The SMILES string of the molecule is Cc1ccc(Nc2nc(Nc3ccc(CC(=O)N4CCN(C)CC4)cc3)ncc2C)cc1NS(=O)(=O)C(C)(C)C. The maximum absolute atomic E-state index is 12.7. The Kier molecular flexibility index (Phi) is 8.65. The third-order valence-corrected chi connectivity index (χ3v) is 9.04. The zero-order valence-corrected chi connectivity index (χ0v) is 24.9. The molecule has 10 nitrogen and oxygen atoms in total. The van der Waals surface area contributed by atoms with E-state index < -0.39 is 14.8 Å². The predicted octanol–water partition coefficient (Wildman–Crippen LogP) is 4.44. The molecular formula is C29H39N7O3S. The number of aromatic nitrogens is 2. The number of benzene rings is 2. The lowest BCUT2D eigenvalue weighted by atomic mass is 10.1. The van der Waals surface area contributed by atoms with E-state index in [4.69, 9.17) is 0 Å². The number of nitrogens with one attached hydrogen (secondary N) is 3. The standard InChI is InChI=1S/C29H39N7O3S/c1-20-7-10-24(18-25(20)34-40(38,39)29(3,4)5)31-27-21(2)19-30-28(33-27)32-23-11-8-22(9-12-23)17-26(37)36-15-13-35(6)14-16-36/h7-12,18-19,34H,13-17H2,1-6H3,(H2,30,31,32,33). The van der Waals surface area contributed by atoms with Crippen molar-refractivity contribution in [3.05, 3.63) is 65.4 Å². The van der Waals surface area contributed by atoms with Crippen LogP contribution in [0.25, 0.3) is 0 Å². The van der Waals surface area contributed by atoms with Gasteiger partial charge in [-0.15, -0.1) is 0 Å². The van der Waals surface area contributed by atoms with Crippen LogP contribution in [0.5, 0.6) is 0 Å². The summed E-state index contributed by atoms with van der Waals surface area (Å²) in [7, 11) is -1.49. The summed E-state index contributed by atoms with van der Waals surface area (Å²) in [5.74, 6) is 1.16. The minimum atomic E-state index is -3.57. The summed E-state index contributed by atoms with van der Waals surface area (Å²) < 4.78 is 27.2. The Morgan fingerprint density at radius 2 is 1.57 bits per heavy atom. The van der Waals surface area contributed by atoms with Crippen LogP contribution in [0.1, 0.15) is 37.5 Å². The molecule has 3 aromatic rings. The molecule has 2 aromatic carbocycles. The number of likely N-dealkylation sites (N-methyl/N-ethyl adjacent to an activating group) is 1. The molecule has 3 N–H and O–H groups in total. The molecular weight excluding hydrogens is 526 g/mol. The molecule has 2 heterocycles. The van der Waals surface area contributed by atoms with E-state index in [9.17, 15) is 13.2 Å². The van der Waals surface area contributed by atoms with Gasteiger partial charge in [0.25, 0.3) is 0 Å². The second-order valence-corrected chi connectivity index (χ2v) is 13.7. The van der Waals surface area contributed by atoms with E-state index in [0.717, 1.165) is 48.6 Å². The maximum Gasteiger partial charge on any atom is 0.237 e. The molecule has 214 valence electrons. The number of piperazine rings is 1.